The number of phenols is 1. The van der Waals surface area contributed by atoms with Crippen LogP contribution in [-0.4, -0.2) is 16.2 Å². The van der Waals surface area contributed by atoms with E-state index in [1.165, 1.54) is 36.5 Å². The van der Waals surface area contributed by atoms with Crippen LogP contribution in [0.2, 0.25) is 0 Å². The molecule has 2 N–H and O–H groups in total. The summed E-state index contributed by atoms with van der Waals surface area (Å²) in [5, 5.41) is 24.0. The summed E-state index contributed by atoms with van der Waals surface area (Å²) in [7, 11) is 0. The van der Waals surface area contributed by atoms with E-state index < -0.39 is 10.7 Å². The molecule has 0 saturated carbocycles. The number of phenolic OH excluding ortho intramolecular Hbond substituents is 1. The molecule has 0 heterocycles. The Morgan fingerprint density at radius 1 is 1.33 bits per heavy atom. The number of nitrogens with zero attached hydrogens (tertiary/aromatic N) is 2. The summed E-state index contributed by atoms with van der Waals surface area (Å²) in [5.74, 6) is -0.674. The first kappa shape index (κ1) is 14.9. The van der Waals surface area contributed by atoms with Crippen molar-refractivity contribution in [2.75, 3.05) is 5.43 Å². The minimum Gasteiger partial charge on any atom is -0.507 e. The molecule has 0 spiro atoms. The van der Waals surface area contributed by atoms with Gasteiger partial charge in [0.15, 0.2) is 0 Å². The predicted molar refractivity (Wildman–Crippen MR) is 80.1 cm³/mol. The van der Waals surface area contributed by atoms with E-state index in [9.17, 15) is 19.6 Å². The zero-order valence-electron chi connectivity index (χ0n) is 10.5. The van der Waals surface area contributed by atoms with Crippen LogP contribution >= 0.6 is 15.9 Å². The van der Waals surface area contributed by atoms with Crippen LogP contribution in [0.4, 0.5) is 15.8 Å². The zero-order chi connectivity index (χ0) is 15.4. The number of halogens is 2. The fourth-order valence-electron chi connectivity index (χ4n) is 1.51. The quantitative estimate of drug-likeness (QED) is 0.498. The predicted octanol–water partition coefficient (Wildman–Crippen LogP) is 3.65. The number of hydrogen-bond donors (Lipinski definition) is 2. The molecule has 0 aliphatic rings. The first-order valence-electron chi connectivity index (χ1n) is 5.69. The highest BCUT2D eigenvalue weighted by molar-refractivity contribution is 9.10. The topological polar surface area (TPSA) is 87.8 Å². The lowest BCUT2D eigenvalue weighted by atomic mass is 10.2. The van der Waals surface area contributed by atoms with Crippen molar-refractivity contribution in [3.8, 4) is 5.75 Å². The highest BCUT2D eigenvalue weighted by Crippen LogP contribution is 2.22. The van der Waals surface area contributed by atoms with Gasteiger partial charge in [0.1, 0.15) is 11.6 Å². The lowest BCUT2D eigenvalue weighted by Crippen LogP contribution is -1.95. The van der Waals surface area contributed by atoms with Crippen molar-refractivity contribution < 1.29 is 14.4 Å². The molecule has 0 fully saturated rings. The van der Waals surface area contributed by atoms with Crippen LogP contribution in [0, 0.1) is 15.9 Å². The zero-order valence-corrected chi connectivity index (χ0v) is 12.0. The second-order valence-electron chi connectivity index (χ2n) is 3.99. The molecule has 0 amide bonds. The standard InChI is InChI=1S/C13H9BrFN3O3/c14-9-1-3-12(11(15)6-9)17-16-7-8-5-10(18(20)21)2-4-13(8)19/h1-7,17,19H/b16-7-. The van der Waals surface area contributed by atoms with Gasteiger partial charge >= 0.3 is 0 Å². The molecular formula is C13H9BrFN3O3. The normalized spacial score (nSPS) is 10.8. The maximum absolute atomic E-state index is 13.5. The van der Waals surface area contributed by atoms with Gasteiger partial charge in [0.05, 0.1) is 16.8 Å². The van der Waals surface area contributed by atoms with E-state index in [0.717, 1.165) is 0 Å². The van der Waals surface area contributed by atoms with E-state index in [1.54, 1.807) is 6.07 Å². The third kappa shape index (κ3) is 3.76. The third-order valence-electron chi connectivity index (χ3n) is 2.54. The van der Waals surface area contributed by atoms with Crippen molar-refractivity contribution in [1.82, 2.24) is 0 Å². The molecule has 21 heavy (non-hydrogen) atoms. The Kier molecular flexibility index (Phi) is 4.49. The largest absolute Gasteiger partial charge is 0.507 e. The van der Waals surface area contributed by atoms with Crippen LogP contribution in [-0.2, 0) is 0 Å². The molecule has 0 bridgehead atoms. The SMILES string of the molecule is O=[N+]([O-])c1ccc(O)c(/C=N\Nc2ccc(Br)cc2F)c1. The number of anilines is 1. The third-order valence-corrected chi connectivity index (χ3v) is 3.03. The second kappa shape index (κ2) is 6.31. The van der Waals surface area contributed by atoms with Crippen LogP contribution in [0.1, 0.15) is 5.56 Å². The van der Waals surface area contributed by atoms with E-state index in [4.69, 9.17) is 0 Å². The Hall–Kier alpha value is -2.48. The molecule has 2 aromatic carbocycles. The van der Waals surface area contributed by atoms with E-state index in [1.807, 2.05) is 0 Å². The molecular weight excluding hydrogens is 345 g/mol. The summed E-state index contributed by atoms with van der Waals surface area (Å²) in [6.45, 7) is 0. The van der Waals surface area contributed by atoms with Gasteiger partial charge in [-0.3, -0.25) is 15.5 Å². The van der Waals surface area contributed by atoms with Gasteiger partial charge in [-0.1, -0.05) is 15.9 Å². The summed E-state index contributed by atoms with van der Waals surface area (Å²) < 4.78 is 14.1. The Labute approximate surface area is 127 Å². The molecule has 2 aromatic rings. The molecule has 6 nitrogen and oxygen atoms in total. The van der Waals surface area contributed by atoms with Gasteiger partial charge in [0, 0.05) is 22.2 Å². The van der Waals surface area contributed by atoms with Crippen molar-refractivity contribution in [1.29, 1.82) is 0 Å². The Balaban J connectivity index is 2.17. The van der Waals surface area contributed by atoms with E-state index >= 15 is 0 Å². The number of nitro benzene ring substituents is 1. The number of nitrogens with one attached hydrogen (secondary N) is 1. The van der Waals surface area contributed by atoms with Gasteiger partial charge in [-0.15, -0.1) is 0 Å². The van der Waals surface area contributed by atoms with Gasteiger partial charge in [0.2, 0.25) is 0 Å². The Morgan fingerprint density at radius 3 is 2.76 bits per heavy atom. The van der Waals surface area contributed by atoms with Crippen LogP contribution in [0.15, 0.2) is 46.0 Å². The monoisotopic (exact) mass is 353 g/mol. The van der Waals surface area contributed by atoms with Crippen molar-refractivity contribution in [3.05, 3.63) is 62.4 Å². The first-order valence-corrected chi connectivity index (χ1v) is 6.48. The highest BCUT2D eigenvalue weighted by Gasteiger charge is 2.08. The number of aromatic hydroxyl groups is 1. The molecule has 0 saturated heterocycles. The number of hydrogen-bond acceptors (Lipinski definition) is 5. The summed E-state index contributed by atoms with van der Waals surface area (Å²) in [5.41, 5.74) is 2.57. The number of nitro groups is 1. The molecule has 0 aliphatic heterocycles. The van der Waals surface area contributed by atoms with E-state index in [0.29, 0.717) is 4.47 Å². The van der Waals surface area contributed by atoms with Crippen LogP contribution in [0.3, 0.4) is 0 Å². The van der Waals surface area contributed by atoms with Gasteiger partial charge in [-0.05, 0) is 24.3 Å². The molecule has 0 aliphatic carbocycles. The number of rotatable bonds is 4. The van der Waals surface area contributed by atoms with Crippen molar-refractivity contribution >= 4 is 33.5 Å². The lowest BCUT2D eigenvalue weighted by Gasteiger charge is -2.03. The van der Waals surface area contributed by atoms with E-state index in [2.05, 4.69) is 26.5 Å². The highest BCUT2D eigenvalue weighted by atomic mass is 79.9. The minimum atomic E-state index is -0.585. The summed E-state index contributed by atoms with van der Waals surface area (Å²) >= 11 is 3.13. The smallest absolute Gasteiger partial charge is 0.270 e. The van der Waals surface area contributed by atoms with Crippen LogP contribution < -0.4 is 5.43 Å². The lowest BCUT2D eigenvalue weighted by molar-refractivity contribution is -0.384. The van der Waals surface area contributed by atoms with E-state index in [-0.39, 0.29) is 22.7 Å². The fourth-order valence-corrected chi connectivity index (χ4v) is 1.84. The Bertz CT molecular complexity index is 722. The van der Waals surface area contributed by atoms with Crippen molar-refractivity contribution in [3.63, 3.8) is 0 Å². The van der Waals surface area contributed by atoms with Gasteiger partial charge < -0.3 is 5.11 Å². The number of hydrazone groups is 1. The van der Waals surface area contributed by atoms with Crippen LogP contribution in [0.25, 0.3) is 0 Å². The number of benzene rings is 2. The summed E-state index contributed by atoms with van der Waals surface area (Å²) in [6, 6.07) is 7.91. The Morgan fingerprint density at radius 2 is 2.10 bits per heavy atom. The molecule has 0 radical (unpaired) electrons. The van der Waals surface area contributed by atoms with Gasteiger partial charge in [-0.2, -0.15) is 5.10 Å². The van der Waals surface area contributed by atoms with Gasteiger partial charge in [-0.25, -0.2) is 4.39 Å². The number of non-ortho nitro benzene ring substituents is 1. The van der Waals surface area contributed by atoms with Crippen molar-refractivity contribution in [2.24, 2.45) is 5.10 Å². The molecule has 0 atom stereocenters. The molecule has 0 aromatic heterocycles. The van der Waals surface area contributed by atoms with Crippen molar-refractivity contribution in [2.45, 2.75) is 0 Å². The second-order valence-corrected chi connectivity index (χ2v) is 4.91. The molecule has 2 rings (SSSR count). The maximum Gasteiger partial charge on any atom is 0.270 e. The van der Waals surface area contributed by atoms with Gasteiger partial charge in [0.25, 0.3) is 5.69 Å². The van der Waals surface area contributed by atoms with Crippen LogP contribution in [0.5, 0.6) is 5.75 Å². The molecule has 0 unspecified atom stereocenters. The minimum absolute atomic E-state index is 0.138. The summed E-state index contributed by atoms with van der Waals surface area (Å²) in [4.78, 5) is 10.1. The fraction of sp³-hybridized carbons (Fsp3) is 0. The average Bonchev–Trinajstić information content (AvgIpc) is 2.43. The maximum atomic E-state index is 13.5. The molecule has 8 heteroatoms. The summed E-state index contributed by atoms with van der Waals surface area (Å²) in [6.07, 6.45) is 1.17. The molecule has 108 valence electrons. The average molecular weight is 354 g/mol. The first-order chi connectivity index (χ1) is 9.97.